The summed E-state index contributed by atoms with van der Waals surface area (Å²) in [4.78, 5) is 11.2. The Balaban J connectivity index is 1.74. The van der Waals surface area contributed by atoms with Gasteiger partial charge in [-0.2, -0.15) is 0 Å². The molecule has 0 bridgehead atoms. The van der Waals surface area contributed by atoms with Gasteiger partial charge in [-0.3, -0.25) is 0 Å². The van der Waals surface area contributed by atoms with Crippen LogP contribution in [0.1, 0.15) is 27.0 Å². The van der Waals surface area contributed by atoms with Gasteiger partial charge in [-0.1, -0.05) is 29.8 Å². The zero-order valence-corrected chi connectivity index (χ0v) is 17.3. The van der Waals surface area contributed by atoms with Crippen molar-refractivity contribution < 1.29 is 23.8 Å². The van der Waals surface area contributed by atoms with Crippen molar-refractivity contribution in [3.05, 3.63) is 87.7 Å². The van der Waals surface area contributed by atoms with Crippen LogP contribution in [-0.4, -0.2) is 18.2 Å². The lowest BCUT2D eigenvalue weighted by Gasteiger charge is -2.16. The van der Waals surface area contributed by atoms with E-state index in [2.05, 4.69) is 5.32 Å². The van der Waals surface area contributed by atoms with E-state index in [4.69, 9.17) is 21.1 Å². The third-order valence-electron chi connectivity index (χ3n) is 4.55. The molecule has 156 valence electrons. The number of carboxylic acid groups (broad SMARTS) is 1. The SMILES string of the molecule is COc1cc(CNc2cc(C(=O)O)ccc2C)cc(Cl)c1OCc1ccc(F)cc1. The highest BCUT2D eigenvalue weighted by atomic mass is 35.5. The van der Waals surface area contributed by atoms with Crippen molar-refractivity contribution in [2.24, 2.45) is 0 Å². The number of anilines is 1. The van der Waals surface area contributed by atoms with E-state index in [1.807, 2.05) is 6.92 Å². The van der Waals surface area contributed by atoms with Crippen LogP contribution in [0.15, 0.2) is 54.6 Å². The zero-order chi connectivity index (χ0) is 21.7. The Morgan fingerprint density at radius 2 is 1.83 bits per heavy atom. The van der Waals surface area contributed by atoms with Crippen molar-refractivity contribution in [1.82, 2.24) is 0 Å². The van der Waals surface area contributed by atoms with Gasteiger partial charge in [-0.15, -0.1) is 0 Å². The van der Waals surface area contributed by atoms with Crippen LogP contribution in [0.2, 0.25) is 5.02 Å². The number of ether oxygens (including phenoxy) is 2. The van der Waals surface area contributed by atoms with Crippen molar-refractivity contribution >= 4 is 23.3 Å². The van der Waals surface area contributed by atoms with Gasteiger partial charge in [0.1, 0.15) is 12.4 Å². The fraction of sp³-hybridized carbons (Fsp3) is 0.174. The molecule has 30 heavy (non-hydrogen) atoms. The van der Waals surface area contributed by atoms with Gasteiger partial charge in [-0.25, -0.2) is 9.18 Å². The van der Waals surface area contributed by atoms with Gasteiger partial charge in [0.05, 0.1) is 17.7 Å². The summed E-state index contributed by atoms with van der Waals surface area (Å²) < 4.78 is 24.3. The highest BCUT2D eigenvalue weighted by Crippen LogP contribution is 2.37. The molecular weight excluding hydrogens is 409 g/mol. The van der Waals surface area contributed by atoms with Crippen LogP contribution >= 0.6 is 11.6 Å². The van der Waals surface area contributed by atoms with E-state index in [1.165, 1.54) is 19.2 Å². The lowest BCUT2D eigenvalue weighted by atomic mass is 10.1. The first-order valence-electron chi connectivity index (χ1n) is 9.19. The molecule has 3 aromatic carbocycles. The number of hydrogen-bond donors (Lipinski definition) is 2. The van der Waals surface area contributed by atoms with Crippen molar-refractivity contribution in [3.63, 3.8) is 0 Å². The Kier molecular flexibility index (Phi) is 6.79. The molecule has 7 heteroatoms. The van der Waals surface area contributed by atoms with Gasteiger partial charge in [0.2, 0.25) is 0 Å². The van der Waals surface area contributed by atoms with E-state index in [0.29, 0.717) is 23.1 Å². The van der Waals surface area contributed by atoms with Crippen molar-refractivity contribution in [3.8, 4) is 11.5 Å². The number of halogens is 2. The Labute approximate surface area is 179 Å². The molecule has 0 aliphatic heterocycles. The molecule has 0 fully saturated rings. The summed E-state index contributed by atoms with van der Waals surface area (Å²) in [5.41, 5.74) is 3.50. The average Bonchev–Trinajstić information content (AvgIpc) is 2.73. The van der Waals surface area contributed by atoms with Crippen LogP contribution in [0.4, 0.5) is 10.1 Å². The van der Waals surface area contributed by atoms with Crippen molar-refractivity contribution in [1.29, 1.82) is 0 Å². The molecule has 3 aromatic rings. The van der Waals surface area contributed by atoms with Crippen LogP contribution < -0.4 is 14.8 Å². The quantitative estimate of drug-likeness (QED) is 0.481. The second kappa shape index (κ2) is 9.50. The van der Waals surface area contributed by atoms with Gasteiger partial charge < -0.3 is 19.9 Å². The summed E-state index contributed by atoms with van der Waals surface area (Å²) in [5, 5.41) is 12.8. The van der Waals surface area contributed by atoms with Crippen LogP contribution in [-0.2, 0) is 13.2 Å². The number of nitrogens with one attached hydrogen (secondary N) is 1. The molecule has 0 atom stereocenters. The third-order valence-corrected chi connectivity index (χ3v) is 4.83. The molecular formula is C23H21ClFNO4. The summed E-state index contributed by atoms with van der Waals surface area (Å²) in [6, 6.07) is 14.5. The molecule has 0 unspecified atom stereocenters. The number of carbonyl (C=O) groups is 1. The molecule has 0 heterocycles. The number of hydrogen-bond acceptors (Lipinski definition) is 4. The van der Waals surface area contributed by atoms with Gasteiger partial charge in [-0.05, 0) is 60.0 Å². The standard InChI is InChI=1S/C23H21ClFNO4/c1-14-3-6-17(23(27)28)11-20(14)26-12-16-9-19(24)22(21(10-16)29-2)30-13-15-4-7-18(25)8-5-15/h3-11,26H,12-13H2,1-2H3,(H,27,28). The molecule has 0 aromatic heterocycles. The monoisotopic (exact) mass is 429 g/mol. The highest BCUT2D eigenvalue weighted by molar-refractivity contribution is 6.32. The van der Waals surface area contributed by atoms with E-state index >= 15 is 0 Å². The van der Waals surface area contributed by atoms with Gasteiger partial charge >= 0.3 is 5.97 Å². The number of aromatic carboxylic acids is 1. The molecule has 3 rings (SSSR count). The molecule has 0 aliphatic carbocycles. The predicted molar refractivity (Wildman–Crippen MR) is 114 cm³/mol. The van der Waals surface area contributed by atoms with E-state index in [-0.39, 0.29) is 18.0 Å². The fourth-order valence-corrected chi connectivity index (χ4v) is 3.18. The molecule has 0 radical (unpaired) electrons. The largest absolute Gasteiger partial charge is 0.493 e. The molecule has 0 spiro atoms. The normalized spacial score (nSPS) is 10.5. The fourth-order valence-electron chi connectivity index (χ4n) is 2.89. The third kappa shape index (κ3) is 5.21. The second-order valence-electron chi connectivity index (χ2n) is 6.71. The maximum atomic E-state index is 13.0. The molecule has 0 saturated heterocycles. The smallest absolute Gasteiger partial charge is 0.335 e. The molecule has 2 N–H and O–H groups in total. The van der Waals surface area contributed by atoms with Crippen molar-refractivity contribution in [2.45, 2.75) is 20.1 Å². The van der Waals surface area contributed by atoms with Crippen LogP contribution in [0.3, 0.4) is 0 Å². The minimum absolute atomic E-state index is 0.211. The van der Waals surface area contributed by atoms with E-state index < -0.39 is 5.97 Å². The number of aryl methyl sites for hydroxylation is 1. The Morgan fingerprint density at radius 3 is 2.50 bits per heavy atom. The van der Waals surface area contributed by atoms with E-state index in [9.17, 15) is 14.3 Å². The number of carboxylic acids is 1. The van der Waals surface area contributed by atoms with Crippen molar-refractivity contribution in [2.75, 3.05) is 12.4 Å². The van der Waals surface area contributed by atoms with E-state index in [0.717, 1.165) is 22.4 Å². The molecule has 0 saturated carbocycles. The Hall–Kier alpha value is -3.25. The van der Waals surface area contributed by atoms with Gasteiger partial charge in [0.15, 0.2) is 11.5 Å². The number of rotatable bonds is 8. The molecule has 5 nitrogen and oxygen atoms in total. The maximum Gasteiger partial charge on any atom is 0.335 e. The first kappa shape index (κ1) is 21.5. The number of benzene rings is 3. The lowest BCUT2D eigenvalue weighted by Crippen LogP contribution is -2.05. The predicted octanol–water partition coefficient (Wildman–Crippen LogP) is 5.69. The van der Waals surface area contributed by atoms with Crippen LogP contribution in [0, 0.1) is 12.7 Å². The Bertz CT molecular complexity index is 1050. The second-order valence-corrected chi connectivity index (χ2v) is 7.12. The molecule has 0 aliphatic rings. The summed E-state index contributed by atoms with van der Waals surface area (Å²) in [6.07, 6.45) is 0. The molecule has 0 amide bonds. The Morgan fingerprint density at radius 1 is 1.10 bits per heavy atom. The van der Waals surface area contributed by atoms with Gasteiger partial charge in [0.25, 0.3) is 0 Å². The van der Waals surface area contributed by atoms with Crippen LogP contribution in [0.5, 0.6) is 11.5 Å². The average molecular weight is 430 g/mol. The minimum Gasteiger partial charge on any atom is -0.493 e. The maximum absolute atomic E-state index is 13.0. The van der Waals surface area contributed by atoms with Gasteiger partial charge in [0, 0.05) is 12.2 Å². The lowest BCUT2D eigenvalue weighted by molar-refractivity contribution is 0.0697. The first-order valence-corrected chi connectivity index (χ1v) is 9.56. The zero-order valence-electron chi connectivity index (χ0n) is 16.5. The first-order chi connectivity index (χ1) is 14.4. The van der Waals surface area contributed by atoms with E-state index in [1.54, 1.807) is 42.5 Å². The highest BCUT2D eigenvalue weighted by Gasteiger charge is 2.13. The summed E-state index contributed by atoms with van der Waals surface area (Å²) in [6.45, 7) is 2.53. The van der Waals surface area contributed by atoms with Crippen LogP contribution in [0.25, 0.3) is 0 Å². The number of methoxy groups -OCH3 is 1. The summed E-state index contributed by atoms with van der Waals surface area (Å²) >= 11 is 6.41. The summed E-state index contributed by atoms with van der Waals surface area (Å²) in [5.74, 6) is -0.422. The minimum atomic E-state index is -0.981. The summed E-state index contributed by atoms with van der Waals surface area (Å²) in [7, 11) is 1.52. The topological polar surface area (TPSA) is 67.8 Å².